The molecule has 0 saturated heterocycles. The van der Waals surface area contributed by atoms with Gasteiger partial charge in [-0.15, -0.1) is 0 Å². The van der Waals surface area contributed by atoms with Gasteiger partial charge in [0.05, 0.1) is 0 Å². The summed E-state index contributed by atoms with van der Waals surface area (Å²) in [4.78, 5) is 3.25. The average Bonchev–Trinajstić information content (AvgIpc) is 2.85. The number of aromatic nitrogens is 2. The molecule has 2 rings (SSSR count). The highest BCUT2D eigenvalue weighted by molar-refractivity contribution is 5.36. The van der Waals surface area contributed by atoms with E-state index in [-0.39, 0.29) is 24.7 Å². The number of aliphatic hydroxyl groups excluding tert-OH is 1. The Kier molecular flexibility index (Phi) is 3.73. The lowest BCUT2D eigenvalue weighted by Gasteiger charge is -2.10. The smallest absolute Gasteiger partial charge is 0.385 e. The topological polar surface area (TPSA) is 42.4 Å². The highest BCUT2D eigenvalue weighted by Crippen LogP contribution is 2.42. The quantitative estimate of drug-likeness (QED) is 0.687. The molecule has 1 N–H and O–H groups in total. The minimum Gasteiger partial charge on any atom is -0.385 e. The first kappa shape index (κ1) is 14.8. The summed E-state index contributed by atoms with van der Waals surface area (Å²) < 4.78 is 53.1. The van der Waals surface area contributed by atoms with Crippen LogP contribution in [0, 0.1) is 6.57 Å². The highest BCUT2D eigenvalue weighted by Gasteiger charge is 2.46. The Morgan fingerprint density at radius 2 is 2.20 bits per heavy atom. The van der Waals surface area contributed by atoms with Crippen LogP contribution >= 0.6 is 0 Å². The van der Waals surface area contributed by atoms with Crippen molar-refractivity contribution in [3.05, 3.63) is 28.4 Å². The van der Waals surface area contributed by atoms with Crippen molar-refractivity contribution in [2.24, 2.45) is 0 Å². The van der Waals surface area contributed by atoms with Crippen LogP contribution in [0.4, 0.5) is 17.6 Å². The fraction of sp³-hybridized carbons (Fsp3) is 0.667. The van der Waals surface area contributed by atoms with Crippen molar-refractivity contribution in [2.75, 3.05) is 0 Å². The second-order valence-corrected chi connectivity index (χ2v) is 4.86. The number of fused-ring (bicyclic) bond motifs is 1. The number of alkyl halides is 4. The molecule has 0 amide bonds. The van der Waals surface area contributed by atoms with Crippen LogP contribution in [0.2, 0.25) is 0 Å². The van der Waals surface area contributed by atoms with E-state index < -0.39 is 29.7 Å². The van der Waals surface area contributed by atoms with Gasteiger partial charge in [-0.2, -0.15) is 18.3 Å². The van der Waals surface area contributed by atoms with E-state index in [4.69, 9.17) is 6.57 Å². The Hall–Kier alpha value is -1.62. The van der Waals surface area contributed by atoms with Gasteiger partial charge in [0.15, 0.2) is 5.69 Å². The molecule has 4 nitrogen and oxygen atoms in total. The van der Waals surface area contributed by atoms with Gasteiger partial charge in [-0.1, -0.05) is 0 Å². The van der Waals surface area contributed by atoms with Gasteiger partial charge in [0.25, 0.3) is 0 Å². The van der Waals surface area contributed by atoms with Crippen molar-refractivity contribution in [1.82, 2.24) is 9.78 Å². The summed E-state index contributed by atoms with van der Waals surface area (Å²) in [5.41, 5.74) is -1.61. The minimum atomic E-state index is -4.73. The maximum absolute atomic E-state index is 13.4. The summed E-state index contributed by atoms with van der Waals surface area (Å²) in [7, 11) is 0. The van der Waals surface area contributed by atoms with Crippen molar-refractivity contribution < 1.29 is 22.7 Å². The SMILES string of the molecule is [C-]#[N+][C@@H](C)CCn1nc(C(F)(F)F)c2c1C[C@@H](F)[C@H]2O. The van der Waals surface area contributed by atoms with Crippen molar-refractivity contribution in [2.45, 2.75) is 50.8 Å². The summed E-state index contributed by atoms with van der Waals surface area (Å²) in [6.07, 6.45) is -8.22. The monoisotopic (exact) mass is 291 g/mol. The summed E-state index contributed by atoms with van der Waals surface area (Å²) in [5.74, 6) is 0. The van der Waals surface area contributed by atoms with Crippen molar-refractivity contribution in [1.29, 1.82) is 0 Å². The summed E-state index contributed by atoms with van der Waals surface area (Å²) in [6, 6.07) is -0.350. The van der Waals surface area contributed by atoms with Gasteiger partial charge in [-0.3, -0.25) is 4.68 Å². The molecule has 1 aliphatic carbocycles. The molecule has 0 aromatic carbocycles. The van der Waals surface area contributed by atoms with Crippen LogP contribution in [0.1, 0.15) is 36.4 Å². The van der Waals surface area contributed by atoms with Crippen LogP contribution in [0.25, 0.3) is 4.85 Å². The predicted octanol–water partition coefficient (Wildman–Crippen LogP) is 2.53. The summed E-state index contributed by atoms with van der Waals surface area (Å²) in [5, 5.41) is 13.0. The summed E-state index contributed by atoms with van der Waals surface area (Å²) in [6.45, 7) is 8.56. The van der Waals surface area contributed by atoms with Crippen LogP contribution in [0.3, 0.4) is 0 Å². The molecule has 0 saturated carbocycles. The second-order valence-electron chi connectivity index (χ2n) is 4.86. The molecule has 3 atom stereocenters. The van der Waals surface area contributed by atoms with Crippen molar-refractivity contribution >= 4 is 0 Å². The van der Waals surface area contributed by atoms with E-state index in [1.54, 1.807) is 6.92 Å². The average molecular weight is 291 g/mol. The van der Waals surface area contributed by atoms with Crippen LogP contribution in [-0.2, 0) is 19.1 Å². The van der Waals surface area contributed by atoms with E-state index in [9.17, 15) is 22.7 Å². The van der Waals surface area contributed by atoms with E-state index >= 15 is 0 Å². The van der Waals surface area contributed by atoms with Gasteiger partial charge in [0.2, 0.25) is 6.04 Å². The lowest BCUT2D eigenvalue weighted by Crippen LogP contribution is -2.16. The Morgan fingerprint density at radius 3 is 2.75 bits per heavy atom. The zero-order valence-corrected chi connectivity index (χ0v) is 10.7. The molecule has 1 heterocycles. The molecule has 1 aromatic rings. The first-order chi connectivity index (χ1) is 9.25. The molecule has 0 bridgehead atoms. The number of rotatable bonds is 3. The van der Waals surface area contributed by atoms with E-state index in [0.29, 0.717) is 6.42 Å². The lowest BCUT2D eigenvalue weighted by atomic mass is 10.1. The van der Waals surface area contributed by atoms with E-state index in [0.717, 1.165) is 4.68 Å². The molecule has 0 unspecified atom stereocenters. The maximum Gasteiger partial charge on any atom is 0.435 e. The number of aliphatic hydroxyl groups is 1. The molecular formula is C12H13F4N3O. The standard InChI is InChI=1S/C12H13F4N3O/c1-6(17-2)3-4-19-8-5-7(13)10(20)9(8)11(18-19)12(14,15)16/h6-7,10,20H,3-5H2,1H3/t6-,7+,10+/m0/s1. The largest absolute Gasteiger partial charge is 0.435 e. The molecule has 1 aromatic heterocycles. The lowest BCUT2D eigenvalue weighted by molar-refractivity contribution is -0.143. The normalized spacial score (nSPS) is 23.4. The Morgan fingerprint density at radius 1 is 1.55 bits per heavy atom. The van der Waals surface area contributed by atoms with Gasteiger partial charge >= 0.3 is 6.18 Å². The molecule has 0 fully saturated rings. The number of aryl methyl sites for hydroxylation is 1. The van der Waals surface area contributed by atoms with E-state index in [1.165, 1.54) is 0 Å². The van der Waals surface area contributed by atoms with Gasteiger partial charge < -0.3 is 9.95 Å². The zero-order chi connectivity index (χ0) is 15.1. The predicted molar refractivity (Wildman–Crippen MR) is 61.5 cm³/mol. The van der Waals surface area contributed by atoms with E-state index in [2.05, 4.69) is 9.94 Å². The molecule has 0 aliphatic heterocycles. The third kappa shape index (κ3) is 2.50. The highest BCUT2D eigenvalue weighted by atomic mass is 19.4. The third-order valence-electron chi connectivity index (χ3n) is 3.37. The molecule has 1 aliphatic rings. The molecular weight excluding hydrogens is 278 g/mol. The van der Waals surface area contributed by atoms with Crippen LogP contribution in [0.5, 0.6) is 0 Å². The molecule has 20 heavy (non-hydrogen) atoms. The number of hydrogen-bond acceptors (Lipinski definition) is 2. The number of hydrogen-bond donors (Lipinski definition) is 1. The molecule has 0 spiro atoms. The molecule has 0 radical (unpaired) electrons. The first-order valence-corrected chi connectivity index (χ1v) is 6.11. The summed E-state index contributed by atoms with van der Waals surface area (Å²) >= 11 is 0. The maximum atomic E-state index is 13.4. The van der Waals surface area contributed by atoms with Crippen molar-refractivity contribution in [3.8, 4) is 0 Å². The number of nitrogens with zero attached hydrogens (tertiary/aromatic N) is 3. The minimum absolute atomic E-state index is 0.0782. The number of halogens is 4. The van der Waals surface area contributed by atoms with Crippen LogP contribution in [0.15, 0.2) is 0 Å². The Balaban J connectivity index is 2.36. The Bertz CT molecular complexity index is 546. The van der Waals surface area contributed by atoms with Crippen LogP contribution in [-0.4, -0.2) is 27.1 Å². The molecule has 110 valence electrons. The van der Waals surface area contributed by atoms with E-state index in [1.807, 2.05) is 0 Å². The van der Waals surface area contributed by atoms with Gasteiger partial charge in [0, 0.05) is 37.6 Å². The van der Waals surface area contributed by atoms with Crippen LogP contribution < -0.4 is 0 Å². The van der Waals surface area contributed by atoms with Gasteiger partial charge in [-0.05, 0) is 0 Å². The third-order valence-corrected chi connectivity index (χ3v) is 3.37. The van der Waals surface area contributed by atoms with Gasteiger partial charge in [-0.25, -0.2) is 11.0 Å². The first-order valence-electron chi connectivity index (χ1n) is 6.11. The second kappa shape index (κ2) is 5.05. The fourth-order valence-corrected chi connectivity index (χ4v) is 2.28. The Labute approximate surface area is 112 Å². The molecule has 8 heteroatoms. The van der Waals surface area contributed by atoms with Crippen molar-refractivity contribution in [3.63, 3.8) is 0 Å². The fourth-order valence-electron chi connectivity index (χ4n) is 2.28. The van der Waals surface area contributed by atoms with Gasteiger partial charge in [0.1, 0.15) is 12.3 Å². The zero-order valence-electron chi connectivity index (χ0n) is 10.7.